The second kappa shape index (κ2) is 10.2. The topological polar surface area (TPSA) is 0 Å². The van der Waals surface area contributed by atoms with Crippen LogP contribution in [0.5, 0.6) is 0 Å². The fraction of sp³-hybridized carbons (Fsp3) is 0.500. The van der Waals surface area contributed by atoms with Crippen LogP contribution in [0.4, 0.5) is 0 Å². The van der Waals surface area contributed by atoms with Gasteiger partial charge in [0.15, 0.2) is 0 Å². The normalized spacial score (nSPS) is 5.50. The predicted molar refractivity (Wildman–Crippen MR) is 37.8 cm³/mol. The van der Waals surface area contributed by atoms with Crippen molar-refractivity contribution in [3.63, 3.8) is 0 Å². The Morgan fingerprint density at radius 2 is 1.17 bits per heavy atom. The smallest absolute Gasteiger partial charge is 0.194 e. The van der Waals surface area contributed by atoms with Gasteiger partial charge in [-0.25, -0.2) is 0 Å². The van der Waals surface area contributed by atoms with Crippen molar-refractivity contribution in [1.29, 1.82) is 0 Å². The summed E-state index contributed by atoms with van der Waals surface area (Å²) in [5.74, 6) is 0. The molecule has 0 aliphatic rings. The largest absolute Gasteiger partial charge is 0.346 e. The molecule has 0 aliphatic carbocycles. The standard InChI is InChI=1S/C2H5.3BrH.Ti/c1-2;;;;/h1H2,2H3;3*1H;/q-1;;;;+4/p-3. The molecule has 0 nitrogen and oxygen atoms in total. The maximum atomic E-state index is 3.27. The van der Waals surface area contributed by atoms with E-state index >= 15 is 0 Å². The Bertz CT molecular complexity index is 13.5. The van der Waals surface area contributed by atoms with Crippen LogP contribution in [0.2, 0.25) is 0 Å². The molecule has 38 valence electrons. The average molecular weight is 317 g/mol. The van der Waals surface area contributed by atoms with Crippen molar-refractivity contribution >= 4 is 39.5 Å². The summed E-state index contributed by atoms with van der Waals surface area (Å²) in [5, 5.41) is 0. The van der Waals surface area contributed by atoms with Crippen molar-refractivity contribution in [3.05, 3.63) is 6.92 Å². The van der Waals surface area contributed by atoms with E-state index in [4.69, 9.17) is 0 Å². The summed E-state index contributed by atoms with van der Waals surface area (Å²) >= 11 is 8.92. The maximum absolute atomic E-state index is 3.27. The van der Waals surface area contributed by atoms with E-state index in [-0.39, 0.29) is 0 Å². The summed E-state index contributed by atoms with van der Waals surface area (Å²) in [6.07, 6.45) is 0. The summed E-state index contributed by atoms with van der Waals surface area (Å²) < 4.78 is 0. The molecule has 0 aromatic heterocycles. The van der Waals surface area contributed by atoms with E-state index in [1.807, 2.05) is 0 Å². The molecule has 0 saturated carbocycles. The van der Waals surface area contributed by atoms with E-state index in [0.717, 1.165) is 0 Å². The van der Waals surface area contributed by atoms with E-state index in [1.54, 1.807) is 6.92 Å². The van der Waals surface area contributed by atoms with Gasteiger partial charge in [0.25, 0.3) is 0 Å². The van der Waals surface area contributed by atoms with Gasteiger partial charge in [-0.05, 0) is 0 Å². The van der Waals surface area contributed by atoms with Crippen LogP contribution in [0, 0.1) is 6.92 Å². The minimum absolute atomic E-state index is 0.896. The van der Waals surface area contributed by atoms with E-state index in [0.29, 0.717) is 0 Å². The Morgan fingerprint density at radius 1 is 1.17 bits per heavy atom. The van der Waals surface area contributed by atoms with Gasteiger partial charge in [-0.15, -0.1) is 0 Å². The van der Waals surface area contributed by atoms with Crippen LogP contribution in [-0.4, -0.2) is 0 Å². The quantitative estimate of drug-likeness (QED) is 0.475. The zero-order valence-electron chi connectivity index (χ0n) is 3.34. The monoisotopic (exact) mass is 314 g/mol. The Kier molecular flexibility index (Phi) is 18.7. The van der Waals surface area contributed by atoms with Crippen LogP contribution in [0.1, 0.15) is 6.92 Å². The van der Waals surface area contributed by atoms with Crippen LogP contribution >= 0.6 is 39.5 Å². The first-order chi connectivity index (χ1) is 2.73. The van der Waals surface area contributed by atoms with Gasteiger partial charge >= 0.3 is 51.1 Å². The minimum atomic E-state index is -0.896. The van der Waals surface area contributed by atoms with E-state index in [2.05, 4.69) is 46.4 Å². The number of halogens is 3. The van der Waals surface area contributed by atoms with Crippen LogP contribution in [0.15, 0.2) is 0 Å². The molecule has 0 saturated heterocycles. The molecule has 0 amide bonds. The molecule has 0 radical (unpaired) electrons. The summed E-state index contributed by atoms with van der Waals surface area (Å²) in [6, 6.07) is 0. The van der Waals surface area contributed by atoms with Gasteiger partial charge in [0.05, 0.1) is 0 Å². The molecule has 0 aliphatic heterocycles. The van der Waals surface area contributed by atoms with Crippen LogP contribution < -0.4 is 0 Å². The van der Waals surface area contributed by atoms with Crippen LogP contribution in [0.25, 0.3) is 0 Å². The van der Waals surface area contributed by atoms with Gasteiger partial charge in [0.1, 0.15) is 0 Å². The molecule has 0 N–H and O–H groups in total. The molecule has 0 spiro atoms. The Labute approximate surface area is 64.1 Å². The first-order valence-corrected chi connectivity index (χ1v) is 12.9. The van der Waals surface area contributed by atoms with Gasteiger partial charge < -0.3 is 6.92 Å². The second-order valence-electron chi connectivity index (χ2n) is 0.214. The third-order valence-corrected chi connectivity index (χ3v) is 0. The van der Waals surface area contributed by atoms with Gasteiger partial charge in [0.2, 0.25) is 0 Å². The minimum Gasteiger partial charge on any atom is -0.346 e. The number of rotatable bonds is 0. The summed E-state index contributed by atoms with van der Waals surface area (Å²) in [6.45, 7) is 5.00. The summed E-state index contributed by atoms with van der Waals surface area (Å²) in [7, 11) is 0. The zero-order valence-corrected chi connectivity index (χ0v) is 9.66. The fourth-order valence-electron chi connectivity index (χ4n) is 0. The van der Waals surface area contributed by atoms with E-state index in [1.165, 1.54) is 0 Å². The van der Waals surface area contributed by atoms with Gasteiger partial charge in [-0.1, -0.05) is 0 Å². The second-order valence-corrected chi connectivity index (χ2v) is 23.9. The molecule has 0 rings (SSSR count). The predicted octanol–water partition coefficient (Wildman–Crippen LogP) is 3.37. The van der Waals surface area contributed by atoms with Crippen molar-refractivity contribution in [2.75, 3.05) is 0 Å². The van der Waals surface area contributed by atoms with Crippen LogP contribution in [0.3, 0.4) is 0 Å². The Hall–Kier alpha value is 2.15. The van der Waals surface area contributed by atoms with Gasteiger partial charge in [-0.3, -0.25) is 0 Å². The molecule has 0 heterocycles. The third kappa shape index (κ3) is 35.2. The summed E-state index contributed by atoms with van der Waals surface area (Å²) in [5.41, 5.74) is 0. The molecular weight excluding hydrogens is 312 g/mol. The molecule has 0 bridgehead atoms. The van der Waals surface area contributed by atoms with Crippen molar-refractivity contribution in [3.8, 4) is 0 Å². The molecular formula is C2H5Br3Ti. The molecule has 0 atom stereocenters. The Morgan fingerprint density at radius 3 is 1.17 bits per heavy atom. The summed E-state index contributed by atoms with van der Waals surface area (Å²) in [4.78, 5) is 0. The average Bonchev–Trinajstić information content (AvgIpc) is 1.41. The fourth-order valence-corrected chi connectivity index (χ4v) is 0. The van der Waals surface area contributed by atoms with Crippen molar-refractivity contribution in [1.82, 2.24) is 0 Å². The van der Waals surface area contributed by atoms with Crippen LogP contribution in [-0.2, 0) is 11.6 Å². The third-order valence-electron chi connectivity index (χ3n) is 0. The first kappa shape index (κ1) is 11.0. The molecule has 6 heavy (non-hydrogen) atoms. The molecule has 0 aromatic rings. The van der Waals surface area contributed by atoms with Gasteiger partial charge in [0, 0.05) is 0 Å². The maximum Gasteiger partial charge on any atom is -0.194 e. The first-order valence-electron chi connectivity index (χ1n) is 1.27. The molecule has 4 heteroatoms. The van der Waals surface area contributed by atoms with Crippen molar-refractivity contribution in [2.24, 2.45) is 0 Å². The van der Waals surface area contributed by atoms with E-state index < -0.39 is 11.6 Å². The van der Waals surface area contributed by atoms with Crippen molar-refractivity contribution < 1.29 is 11.6 Å². The molecule has 0 unspecified atom stereocenters. The molecule has 0 aromatic carbocycles. The van der Waals surface area contributed by atoms with E-state index in [9.17, 15) is 0 Å². The Balaban J connectivity index is 0. The molecule has 0 fully saturated rings. The number of hydrogen-bond donors (Lipinski definition) is 0. The zero-order chi connectivity index (χ0) is 5.58. The van der Waals surface area contributed by atoms with Gasteiger partial charge in [-0.2, -0.15) is 6.92 Å². The number of hydrogen-bond acceptors (Lipinski definition) is 0. The SMILES string of the molecule is [Br][Ti+]([Br])[Br].[CH2-]C. The van der Waals surface area contributed by atoms with Crippen molar-refractivity contribution in [2.45, 2.75) is 6.92 Å².